The van der Waals surface area contributed by atoms with Crippen molar-refractivity contribution in [1.29, 1.82) is 0 Å². The number of nitro groups is 1. The van der Waals surface area contributed by atoms with Gasteiger partial charge in [0.2, 0.25) is 0 Å². The predicted molar refractivity (Wildman–Crippen MR) is 105 cm³/mol. The van der Waals surface area contributed by atoms with Crippen LogP contribution in [-0.4, -0.2) is 45.8 Å². The predicted octanol–water partition coefficient (Wildman–Crippen LogP) is 3.08. The van der Waals surface area contributed by atoms with E-state index in [9.17, 15) is 14.9 Å². The Kier molecular flexibility index (Phi) is 6.41. The van der Waals surface area contributed by atoms with Crippen molar-refractivity contribution in [2.24, 2.45) is 0 Å². The van der Waals surface area contributed by atoms with E-state index in [0.29, 0.717) is 17.9 Å². The lowest BCUT2D eigenvalue weighted by Gasteiger charge is -2.20. The van der Waals surface area contributed by atoms with Gasteiger partial charge in [0.15, 0.2) is 0 Å². The number of rotatable bonds is 6. The molecule has 0 spiro atoms. The molecule has 144 valence electrons. The Labute approximate surface area is 161 Å². The Balaban J connectivity index is 1.67. The van der Waals surface area contributed by atoms with Crippen molar-refractivity contribution in [1.82, 2.24) is 14.7 Å². The third kappa shape index (κ3) is 4.84. The summed E-state index contributed by atoms with van der Waals surface area (Å²) in [4.78, 5) is 25.2. The van der Waals surface area contributed by atoms with Gasteiger partial charge in [0, 0.05) is 25.2 Å². The maximum Gasteiger partial charge on any atom is 0.292 e. The second-order valence-corrected chi connectivity index (χ2v) is 6.92. The summed E-state index contributed by atoms with van der Waals surface area (Å²) in [7, 11) is 0. The van der Waals surface area contributed by atoms with Crippen LogP contribution in [0.25, 0.3) is 5.69 Å². The van der Waals surface area contributed by atoms with Crippen LogP contribution in [0.5, 0.6) is 0 Å². The average Bonchev–Trinajstić information content (AvgIpc) is 2.94. The van der Waals surface area contributed by atoms with Gasteiger partial charge in [-0.3, -0.25) is 14.9 Å². The summed E-state index contributed by atoms with van der Waals surface area (Å²) in [5.74, 6) is 0. The molecule has 1 aliphatic rings. The molecule has 1 aromatic carbocycles. The first-order valence-electron chi connectivity index (χ1n) is 9.05. The van der Waals surface area contributed by atoms with E-state index >= 15 is 0 Å². The Morgan fingerprint density at radius 3 is 2.44 bits per heavy atom. The van der Waals surface area contributed by atoms with Gasteiger partial charge in [-0.1, -0.05) is 24.4 Å². The zero-order valence-electron chi connectivity index (χ0n) is 14.9. The third-order valence-electron chi connectivity index (χ3n) is 4.67. The van der Waals surface area contributed by atoms with Gasteiger partial charge in [-0.2, -0.15) is 9.78 Å². The second-order valence-electron chi connectivity index (χ2n) is 6.55. The average molecular weight is 392 g/mol. The largest absolute Gasteiger partial charge is 0.381 e. The fourth-order valence-corrected chi connectivity index (χ4v) is 3.36. The van der Waals surface area contributed by atoms with Crippen LogP contribution < -0.4 is 10.9 Å². The number of aromatic nitrogens is 2. The maximum absolute atomic E-state index is 12.5. The number of nitrogens with zero attached hydrogens (tertiary/aromatic N) is 4. The van der Waals surface area contributed by atoms with E-state index in [0.717, 1.165) is 24.3 Å². The van der Waals surface area contributed by atoms with Gasteiger partial charge in [-0.25, -0.2) is 0 Å². The summed E-state index contributed by atoms with van der Waals surface area (Å²) < 4.78 is 1.13. The molecule has 0 aliphatic carbocycles. The minimum absolute atomic E-state index is 0.0512. The molecule has 1 aromatic heterocycles. The molecule has 0 atom stereocenters. The molecule has 1 aliphatic heterocycles. The van der Waals surface area contributed by atoms with Crippen molar-refractivity contribution >= 4 is 23.0 Å². The summed E-state index contributed by atoms with van der Waals surface area (Å²) in [6.45, 7) is 3.79. The van der Waals surface area contributed by atoms with Crippen molar-refractivity contribution in [3.8, 4) is 5.69 Å². The number of hydrogen-bond donors (Lipinski definition) is 1. The maximum atomic E-state index is 12.5. The number of benzene rings is 1. The molecule has 0 bridgehead atoms. The summed E-state index contributed by atoms with van der Waals surface area (Å²) >= 11 is 6.22. The smallest absolute Gasteiger partial charge is 0.292 e. The van der Waals surface area contributed by atoms with Crippen LogP contribution in [0, 0.1) is 10.1 Å². The second kappa shape index (κ2) is 8.96. The topological polar surface area (TPSA) is 93.3 Å². The highest BCUT2D eigenvalue weighted by molar-refractivity contribution is 6.32. The number of hydrogen-bond acceptors (Lipinski definition) is 6. The van der Waals surface area contributed by atoms with E-state index < -0.39 is 10.5 Å². The number of non-ortho nitro benzene ring substituents is 1. The molecule has 0 unspecified atom stereocenters. The molecule has 8 nitrogen and oxygen atoms in total. The lowest BCUT2D eigenvalue weighted by molar-refractivity contribution is -0.384. The molecule has 27 heavy (non-hydrogen) atoms. The number of halogens is 1. The van der Waals surface area contributed by atoms with Gasteiger partial charge in [0.05, 0.1) is 22.5 Å². The molecule has 2 heterocycles. The molecule has 0 saturated carbocycles. The van der Waals surface area contributed by atoms with E-state index in [2.05, 4.69) is 15.3 Å². The summed E-state index contributed by atoms with van der Waals surface area (Å²) in [5, 5.41) is 18.1. The summed E-state index contributed by atoms with van der Waals surface area (Å²) in [6.07, 6.45) is 6.55. The Bertz CT molecular complexity index is 845. The zero-order chi connectivity index (χ0) is 19.2. The molecule has 3 rings (SSSR count). The van der Waals surface area contributed by atoms with Crippen molar-refractivity contribution in [3.05, 3.63) is 56.0 Å². The molecule has 0 amide bonds. The van der Waals surface area contributed by atoms with Gasteiger partial charge in [0.1, 0.15) is 5.02 Å². The van der Waals surface area contributed by atoms with E-state index in [1.54, 1.807) is 0 Å². The molecule has 1 fully saturated rings. The van der Waals surface area contributed by atoms with Crippen LogP contribution in [0.2, 0.25) is 5.02 Å². The minimum Gasteiger partial charge on any atom is -0.381 e. The first-order chi connectivity index (χ1) is 13.1. The Morgan fingerprint density at radius 1 is 1.15 bits per heavy atom. The first kappa shape index (κ1) is 19.3. The van der Waals surface area contributed by atoms with Crippen LogP contribution in [0.15, 0.2) is 35.3 Å². The fraction of sp³-hybridized carbons (Fsp3) is 0.444. The van der Waals surface area contributed by atoms with Gasteiger partial charge in [-0.05, 0) is 38.1 Å². The van der Waals surface area contributed by atoms with Gasteiger partial charge in [-0.15, -0.1) is 0 Å². The van der Waals surface area contributed by atoms with E-state index in [-0.39, 0.29) is 10.7 Å². The molecule has 0 radical (unpaired) electrons. The Hall–Kier alpha value is -2.45. The summed E-state index contributed by atoms with van der Waals surface area (Å²) in [6, 6.07) is 5.58. The van der Waals surface area contributed by atoms with Crippen LogP contribution in [0.4, 0.5) is 11.4 Å². The molecule has 2 aromatic rings. The van der Waals surface area contributed by atoms with Gasteiger partial charge >= 0.3 is 0 Å². The van der Waals surface area contributed by atoms with E-state index in [4.69, 9.17) is 11.6 Å². The molecule has 1 N–H and O–H groups in total. The number of anilines is 1. The highest BCUT2D eigenvalue weighted by atomic mass is 35.5. The molecular weight excluding hydrogens is 370 g/mol. The number of nitro benzene ring substituents is 1. The highest BCUT2D eigenvalue weighted by Crippen LogP contribution is 2.18. The van der Waals surface area contributed by atoms with E-state index in [1.165, 1.54) is 56.1 Å². The third-order valence-corrected chi connectivity index (χ3v) is 5.03. The quantitative estimate of drug-likeness (QED) is 0.600. The van der Waals surface area contributed by atoms with Crippen molar-refractivity contribution in [2.45, 2.75) is 25.7 Å². The molecular formula is C18H22ClN5O3. The van der Waals surface area contributed by atoms with Crippen LogP contribution >= 0.6 is 11.6 Å². The number of nitrogens with one attached hydrogen (secondary N) is 1. The lowest BCUT2D eigenvalue weighted by atomic mass is 10.2. The Morgan fingerprint density at radius 2 is 1.81 bits per heavy atom. The van der Waals surface area contributed by atoms with Crippen LogP contribution in [0.1, 0.15) is 25.7 Å². The van der Waals surface area contributed by atoms with Gasteiger partial charge in [0.25, 0.3) is 11.2 Å². The standard InChI is InChI=1S/C18H22ClN5O3/c19-17-16(20-9-12-22-10-3-1-2-4-11-22)13-21-23(18(17)25)14-5-7-15(8-6-14)24(26)27/h5-8,13,20H,1-4,9-12H2. The number of likely N-dealkylation sites (tertiary alicyclic amines) is 1. The fourth-order valence-electron chi connectivity index (χ4n) is 3.16. The first-order valence-corrected chi connectivity index (χ1v) is 9.43. The van der Waals surface area contributed by atoms with Crippen LogP contribution in [0.3, 0.4) is 0 Å². The van der Waals surface area contributed by atoms with Crippen molar-refractivity contribution in [3.63, 3.8) is 0 Å². The van der Waals surface area contributed by atoms with Crippen molar-refractivity contribution in [2.75, 3.05) is 31.5 Å². The monoisotopic (exact) mass is 391 g/mol. The van der Waals surface area contributed by atoms with Gasteiger partial charge < -0.3 is 10.2 Å². The molecule has 9 heteroatoms. The normalized spacial score (nSPS) is 15.3. The van der Waals surface area contributed by atoms with Crippen LogP contribution in [-0.2, 0) is 0 Å². The minimum atomic E-state index is -0.496. The summed E-state index contributed by atoms with van der Waals surface area (Å²) in [5.41, 5.74) is 0.397. The zero-order valence-corrected chi connectivity index (χ0v) is 15.7. The van der Waals surface area contributed by atoms with Crippen molar-refractivity contribution < 1.29 is 4.92 Å². The highest BCUT2D eigenvalue weighted by Gasteiger charge is 2.13. The van der Waals surface area contributed by atoms with E-state index in [1.807, 2.05) is 0 Å². The SMILES string of the molecule is O=c1c(Cl)c(NCCN2CCCCCC2)cnn1-c1ccc([N+](=O)[O-])cc1. The molecule has 1 saturated heterocycles. The lowest BCUT2D eigenvalue weighted by Crippen LogP contribution is -2.30.